The van der Waals surface area contributed by atoms with Crippen molar-refractivity contribution in [3.63, 3.8) is 0 Å². The Morgan fingerprint density at radius 3 is 1.70 bits per heavy atom. The Labute approximate surface area is 62.5 Å². The Bertz CT molecular complexity index is 91.4. The van der Waals surface area contributed by atoms with Crippen LogP contribution in [0.1, 0.15) is 13.8 Å². The van der Waals surface area contributed by atoms with Crippen molar-refractivity contribution in [3.05, 3.63) is 24.3 Å². The van der Waals surface area contributed by atoms with Gasteiger partial charge in [-0.2, -0.15) is 0 Å². The summed E-state index contributed by atoms with van der Waals surface area (Å²) in [4.78, 5) is 0. The zero-order valence-corrected chi connectivity index (χ0v) is 6.67. The summed E-state index contributed by atoms with van der Waals surface area (Å²) < 4.78 is 0. The van der Waals surface area contributed by atoms with Gasteiger partial charge in [-0.05, 0) is 13.8 Å². The van der Waals surface area contributed by atoms with Crippen LogP contribution in [-0.2, 0) is 0 Å². The molecule has 0 atom stereocenters. The first kappa shape index (κ1) is 12.1. The van der Waals surface area contributed by atoms with Gasteiger partial charge < -0.3 is 10.2 Å². The lowest BCUT2D eigenvalue weighted by atomic mass is 10.3. The monoisotopic (exact) mass is 144 g/mol. The molecule has 0 saturated heterocycles. The molecule has 0 saturated carbocycles. The van der Waals surface area contributed by atoms with Gasteiger partial charge in [0, 0.05) is 0 Å². The molecule has 0 aromatic carbocycles. The molecule has 0 fully saturated rings. The maximum absolute atomic E-state index is 8.16. The Balaban J connectivity index is 0. The van der Waals surface area contributed by atoms with Crippen LogP contribution in [0.25, 0.3) is 0 Å². The van der Waals surface area contributed by atoms with Crippen LogP contribution in [0.5, 0.6) is 0 Å². The molecule has 0 rings (SSSR count). The second-order valence-electron chi connectivity index (χ2n) is 1.94. The van der Waals surface area contributed by atoms with E-state index >= 15 is 0 Å². The zero-order valence-electron chi connectivity index (χ0n) is 6.67. The van der Waals surface area contributed by atoms with Gasteiger partial charge in [-0.3, -0.25) is 0 Å². The quantitative estimate of drug-likeness (QED) is 0.570. The lowest BCUT2D eigenvalue weighted by Gasteiger charge is -1.80. The molecule has 0 amide bonds. The first-order chi connectivity index (χ1) is 4.68. The maximum Gasteiger partial charge on any atom is 0.0614 e. The van der Waals surface area contributed by atoms with Crippen molar-refractivity contribution in [2.45, 2.75) is 13.8 Å². The summed E-state index contributed by atoms with van der Waals surface area (Å²) in [6.45, 7) is 7.39. The maximum atomic E-state index is 8.16. The fourth-order valence-corrected chi connectivity index (χ4v) is 0.183. The van der Waals surface area contributed by atoms with E-state index in [1.807, 2.05) is 13.8 Å². The van der Waals surface area contributed by atoms with Crippen LogP contribution in [0.15, 0.2) is 24.3 Å². The molecule has 0 spiro atoms. The van der Waals surface area contributed by atoms with Gasteiger partial charge in [-0.25, -0.2) is 0 Å². The molecule has 0 heterocycles. The van der Waals surface area contributed by atoms with E-state index in [0.29, 0.717) is 0 Å². The predicted molar refractivity (Wildman–Crippen MR) is 43.8 cm³/mol. The van der Waals surface area contributed by atoms with E-state index in [0.717, 1.165) is 5.57 Å². The number of aliphatic hydroxyl groups is 2. The van der Waals surface area contributed by atoms with Gasteiger partial charge in [0.05, 0.1) is 13.2 Å². The molecule has 0 aliphatic rings. The first-order valence-corrected chi connectivity index (χ1v) is 3.15. The van der Waals surface area contributed by atoms with Gasteiger partial charge in [-0.1, -0.05) is 17.7 Å². The van der Waals surface area contributed by atoms with Crippen LogP contribution in [0, 0.1) is 0 Å². The van der Waals surface area contributed by atoms with Crippen LogP contribution in [0.3, 0.4) is 0 Å². The summed E-state index contributed by atoms with van der Waals surface area (Å²) in [5.41, 5.74) is 1.16. The van der Waals surface area contributed by atoms with Crippen molar-refractivity contribution in [2.24, 2.45) is 0 Å². The molecular formula is C8H16O2. The fourth-order valence-electron chi connectivity index (χ4n) is 0.183. The van der Waals surface area contributed by atoms with Crippen LogP contribution in [0.2, 0.25) is 0 Å². The second kappa shape index (κ2) is 11.2. The van der Waals surface area contributed by atoms with Crippen molar-refractivity contribution in [2.75, 3.05) is 13.2 Å². The van der Waals surface area contributed by atoms with Crippen molar-refractivity contribution < 1.29 is 10.2 Å². The molecule has 0 unspecified atom stereocenters. The van der Waals surface area contributed by atoms with E-state index in [1.165, 1.54) is 6.08 Å². The smallest absolute Gasteiger partial charge is 0.0614 e. The van der Waals surface area contributed by atoms with Gasteiger partial charge in [0.1, 0.15) is 0 Å². The van der Waals surface area contributed by atoms with Crippen LogP contribution >= 0.6 is 0 Å². The van der Waals surface area contributed by atoms with Gasteiger partial charge in [0.25, 0.3) is 0 Å². The summed E-state index contributed by atoms with van der Waals surface area (Å²) in [6, 6.07) is 0. The summed E-state index contributed by atoms with van der Waals surface area (Å²) in [5, 5.41) is 15.9. The minimum Gasteiger partial charge on any atom is -0.392 e. The standard InChI is InChI=1S/C5H10O.C3H6O/c1-5(2)3-4-6;1-2-3-4/h3,6H,4H2,1-2H3;2,4H,1,3H2. The van der Waals surface area contributed by atoms with E-state index in [-0.39, 0.29) is 13.2 Å². The molecule has 2 N–H and O–H groups in total. The van der Waals surface area contributed by atoms with Crippen molar-refractivity contribution in [1.29, 1.82) is 0 Å². The van der Waals surface area contributed by atoms with E-state index in [4.69, 9.17) is 10.2 Å². The number of aliphatic hydroxyl groups excluding tert-OH is 2. The summed E-state index contributed by atoms with van der Waals surface area (Å²) in [6.07, 6.45) is 3.19. The molecule has 0 aromatic rings. The Hall–Kier alpha value is -0.600. The average Bonchev–Trinajstić information content (AvgIpc) is 1.89. The van der Waals surface area contributed by atoms with E-state index in [9.17, 15) is 0 Å². The van der Waals surface area contributed by atoms with Gasteiger partial charge in [0.2, 0.25) is 0 Å². The average molecular weight is 144 g/mol. The van der Waals surface area contributed by atoms with Crippen molar-refractivity contribution in [1.82, 2.24) is 0 Å². The minimum atomic E-state index is 0.0833. The molecule has 2 nitrogen and oxygen atoms in total. The van der Waals surface area contributed by atoms with E-state index < -0.39 is 0 Å². The molecule has 10 heavy (non-hydrogen) atoms. The first-order valence-electron chi connectivity index (χ1n) is 3.15. The van der Waals surface area contributed by atoms with E-state index in [1.54, 1.807) is 6.08 Å². The Morgan fingerprint density at radius 1 is 1.30 bits per heavy atom. The highest BCUT2D eigenvalue weighted by Crippen LogP contribution is 1.83. The summed E-state index contributed by atoms with van der Waals surface area (Å²) >= 11 is 0. The summed E-state index contributed by atoms with van der Waals surface area (Å²) in [7, 11) is 0. The van der Waals surface area contributed by atoms with Crippen molar-refractivity contribution in [3.8, 4) is 0 Å². The fraction of sp³-hybridized carbons (Fsp3) is 0.500. The SMILES string of the molecule is C=CCO.CC(C)=CCO. The number of rotatable bonds is 2. The van der Waals surface area contributed by atoms with Crippen LogP contribution < -0.4 is 0 Å². The number of hydrogen-bond acceptors (Lipinski definition) is 2. The normalized spacial score (nSPS) is 7.20. The van der Waals surface area contributed by atoms with Gasteiger partial charge in [0.15, 0.2) is 0 Å². The Kier molecular flexibility index (Phi) is 13.6. The zero-order chi connectivity index (χ0) is 8.41. The van der Waals surface area contributed by atoms with Crippen LogP contribution in [-0.4, -0.2) is 23.4 Å². The highest BCUT2D eigenvalue weighted by atomic mass is 16.3. The molecule has 0 radical (unpaired) electrons. The summed E-state index contributed by atoms with van der Waals surface area (Å²) in [5.74, 6) is 0. The van der Waals surface area contributed by atoms with Crippen LogP contribution in [0.4, 0.5) is 0 Å². The Morgan fingerprint density at radius 2 is 1.70 bits per heavy atom. The molecular weight excluding hydrogens is 128 g/mol. The third-order valence-corrected chi connectivity index (χ3v) is 0.629. The molecule has 0 aromatic heterocycles. The number of allylic oxidation sites excluding steroid dienone is 1. The third kappa shape index (κ3) is 26.2. The molecule has 2 heteroatoms. The third-order valence-electron chi connectivity index (χ3n) is 0.629. The molecule has 60 valence electrons. The predicted octanol–water partition coefficient (Wildman–Crippen LogP) is 1.11. The highest BCUT2D eigenvalue weighted by Gasteiger charge is 1.68. The van der Waals surface area contributed by atoms with Gasteiger partial charge in [-0.15, -0.1) is 6.58 Å². The molecule has 0 aliphatic heterocycles. The lowest BCUT2D eigenvalue weighted by Crippen LogP contribution is -1.71. The minimum absolute atomic E-state index is 0.0833. The highest BCUT2D eigenvalue weighted by molar-refractivity contribution is 4.91. The second-order valence-corrected chi connectivity index (χ2v) is 1.94. The lowest BCUT2D eigenvalue weighted by molar-refractivity contribution is 0.341. The largest absolute Gasteiger partial charge is 0.392 e. The molecule has 0 aliphatic carbocycles. The number of hydrogen-bond donors (Lipinski definition) is 2. The van der Waals surface area contributed by atoms with Crippen molar-refractivity contribution >= 4 is 0 Å². The topological polar surface area (TPSA) is 40.5 Å². The van der Waals surface area contributed by atoms with Gasteiger partial charge >= 0.3 is 0 Å². The van der Waals surface area contributed by atoms with E-state index in [2.05, 4.69) is 6.58 Å². The molecule has 0 bridgehead atoms.